The molecule has 4 aromatic carbocycles. The third-order valence-electron chi connectivity index (χ3n) is 5.97. The van der Waals surface area contributed by atoms with Crippen LogP contribution in [0.25, 0.3) is 16.8 Å². The van der Waals surface area contributed by atoms with Crippen molar-refractivity contribution in [3.63, 3.8) is 0 Å². The summed E-state index contributed by atoms with van der Waals surface area (Å²) in [5, 5.41) is 4.47. The Morgan fingerprint density at radius 2 is 1.61 bits per heavy atom. The molecule has 1 aliphatic rings. The fraction of sp³-hybridized carbons (Fsp3) is 0.100. The van der Waals surface area contributed by atoms with Gasteiger partial charge >= 0.3 is 0 Å². The zero-order valence-corrected chi connectivity index (χ0v) is 21.4. The van der Waals surface area contributed by atoms with Gasteiger partial charge in [0.25, 0.3) is 11.1 Å². The van der Waals surface area contributed by atoms with Crippen LogP contribution in [0, 0.1) is 0 Å². The fourth-order valence-corrected chi connectivity index (χ4v) is 4.91. The highest BCUT2D eigenvalue weighted by atomic mass is 32.2. The second kappa shape index (κ2) is 11.2. The number of para-hydroxylation sites is 3. The third-order valence-corrected chi connectivity index (χ3v) is 6.88. The number of carbonyl (C=O) groups excluding carboxylic acids is 3. The summed E-state index contributed by atoms with van der Waals surface area (Å²) in [7, 11) is 1.50. The van der Waals surface area contributed by atoms with Crippen LogP contribution in [-0.2, 0) is 16.2 Å². The molecule has 0 saturated carbocycles. The largest absolute Gasteiger partial charge is 0.495 e. The molecule has 0 radical (unpaired) electrons. The Labute approximate surface area is 224 Å². The first-order valence-electron chi connectivity index (χ1n) is 11.9. The highest BCUT2D eigenvalue weighted by Crippen LogP contribution is 2.34. The number of fused-ring (bicyclic) bond motifs is 1. The molecular weight excluding hydrogens is 500 g/mol. The van der Waals surface area contributed by atoms with E-state index in [9.17, 15) is 14.4 Å². The quantitative estimate of drug-likeness (QED) is 0.280. The molecule has 0 aliphatic carbocycles. The van der Waals surface area contributed by atoms with Crippen molar-refractivity contribution in [2.45, 2.75) is 6.61 Å². The van der Waals surface area contributed by atoms with Gasteiger partial charge in [-0.3, -0.25) is 19.3 Å². The van der Waals surface area contributed by atoms with Gasteiger partial charge < -0.3 is 14.8 Å². The van der Waals surface area contributed by atoms with Crippen LogP contribution in [0.5, 0.6) is 11.5 Å². The molecule has 1 aliphatic heterocycles. The Hall–Kier alpha value is -4.56. The molecule has 4 aromatic rings. The molecule has 1 N–H and O–H groups in total. The normalized spacial score (nSPS) is 14.2. The Bertz CT molecular complexity index is 1570. The van der Waals surface area contributed by atoms with Gasteiger partial charge in [-0.05, 0) is 58.4 Å². The summed E-state index contributed by atoms with van der Waals surface area (Å²) in [5.41, 5.74) is 2.14. The molecule has 1 heterocycles. The topological polar surface area (TPSA) is 84.9 Å². The molecule has 190 valence electrons. The smallest absolute Gasteiger partial charge is 0.294 e. The molecule has 0 unspecified atom stereocenters. The van der Waals surface area contributed by atoms with Gasteiger partial charge in [0, 0.05) is 5.56 Å². The van der Waals surface area contributed by atoms with E-state index in [0.29, 0.717) is 29.4 Å². The Kier molecular flexibility index (Phi) is 7.42. The standard InChI is InChI=1S/C30H24N2O5S/c1-36-26-13-7-5-11-24(26)31-28(33)18-32-29(34)27(38-30(32)35)17-23-10-4-6-12-25(23)37-19-20-14-15-21-8-2-3-9-22(21)16-20/h2-17H,18-19H2,1H3,(H,31,33)/b27-17-. The number of nitrogens with zero attached hydrogens (tertiary/aromatic N) is 1. The van der Waals surface area contributed by atoms with Gasteiger partial charge in [-0.2, -0.15) is 0 Å². The second-order valence-electron chi connectivity index (χ2n) is 8.52. The zero-order chi connectivity index (χ0) is 26.5. The number of ether oxygens (including phenoxy) is 2. The molecule has 8 heteroatoms. The van der Waals surface area contributed by atoms with Crippen LogP contribution < -0.4 is 14.8 Å². The van der Waals surface area contributed by atoms with Gasteiger partial charge in [0.05, 0.1) is 17.7 Å². The van der Waals surface area contributed by atoms with Crippen LogP contribution in [0.15, 0.2) is 95.9 Å². The van der Waals surface area contributed by atoms with Crippen LogP contribution in [0.4, 0.5) is 10.5 Å². The second-order valence-corrected chi connectivity index (χ2v) is 9.52. The summed E-state index contributed by atoms with van der Waals surface area (Å²) in [5.74, 6) is 0.0354. The van der Waals surface area contributed by atoms with Crippen molar-refractivity contribution in [2.24, 2.45) is 0 Å². The first-order chi connectivity index (χ1) is 18.5. The SMILES string of the molecule is COc1ccccc1NC(=O)CN1C(=O)S/C(=C\c2ccccc2OCc2ccc3ccccc3c2)C1=O. The van der Waals surface area contributed by atoms with Gasteiger partial charge in [-0.25, -0.2) is 0 Å². The lowest BCUT2D eigenvalue weighted by Gasteiger charge is -2.14. The van der Waals surface area contributed by atoms with Crippen molar-refractivity contribution in [1.29, 1.82) is 0 Å². The number of amides is 3. The van der Waals surface area contributed by atoms with Crippen LogP contribution in [0.3, 0.4) is 0 Å². The number of methoxy groups -OCH3 is 1. The molecule has 7 nitrogen and oxygen atoms in total. The summed E-state index contributed by atoms with van der Waals surface area (Å²) < 4.78 is 11.3. The maximum Gasteiger partial charge on any atom is 0.294 e. The predicted octanol–water partition coefficient (Wildman–Crippen LogP) is 6.10. The average molecular weight is 525 g/mol. The van der Waals surface area contributed by atoms with E-state index in [4.69, 9.17) is 9.47 Å². The van der Waals surface area contributed by atoms with E-state index in [1.54, 1.807) is 30.3 Å². The molecular formula is C30H24N2O5S. The highest BCUT2D eigenvalue weighted by Gasteiger charge is 2.36. The van der Waals surface area contributed by atoms with Gasteiger partial charge in [-0.1, -0.05) is 66.7 Å². The maximum atomic E-state index is 13.0. The summed E-state index contributed by atoms with van der Waals surface area (Å²) in [6.45, 7) is -0.0551. The molecule has 0 bridgehead atoms. The molecule has 0 spiro atoms. The van der Waals surface area contributed by atoms with E-state index in [0.717, 1.165) is 33.0 Å². The van der Waals surface area contributed by atoms with E-state index in [1.807, 2.05) is 42.5 Å². The number of hydrogen-bond donors (Lipinski definition) is 1. The van der Waals surface area contributed by atoms with Crippen LogP contribution in [0.2, 0.25) is 0 Å². The lowest BCUT2D eigenvalue weighted by atomic mass is 10.1. The minimum absolute atomic E-state index is 0.224. The van der Waals surface area contributed by atoms with E-state index in [2.05, 4.69) is 29.6 Å². The average Bonchev–Trinajstić information content (AvgIpc) is 3.20. The minimum atomic E-state index is -0.528. The Morgan fingerprint density at radius 3 is 2.42 bits per heavy atom. The summed E-state index contributed by atoms with van der Waals surface area (Å²) in [4.78, 5) is 39.3. The molecule has 38 heavy (non-hydrogen) atoms. The summed E-state index contributed by atoms with van der Waals surface area (Å²) in [6, 6.07) is 28.5. The number of benzene rings is 4. The van der Waals surface area contributed by atoms with Crippen molar-refractivity contribution >= 4 is 51.4 Å². The first kappa shape index (κ1) is 25.1. The fourth-order valence-electron chi connectivity index (χ4n) is 4.08. The van der Waals surface area contributed by atoms with Crippen molar-refractivity contribution in [3.05, 3.63) is 107 Å². The predicted molar refractivity (Wildman–Crippen MR) is 149 cm³/mol. The number of anilines is 1. The monoisotopic (exact) mass is 524 g/mol. The van der Waals surface area contributed by atoms with Crippen LogP contribution in [-0.4, -0.2) is 35.6 Å². The number of hydrogen-bond acceptors (Lipinski definition) is 6. The van der Waals surface area contributed by atoms with Gasteiger partial charge in [0.2, 0.25) is 5.91 Å². The number of imide groups is 1. The molecule has 3 amide bonds. The van der Waals surface area contributed by atoms with E-state index >= 15 is 0 Å². The first-order valence-corrected chi connectivity index (χ1v) is 12.7. The van der Waals surface area contributed by atoms with Gasteiger partial charge in [-0.15, -0.1) is 0 Å². The molecule has 1 fully saturated rings. The molecule has 0 aromatic heterocycles. The van der Waals surface area contributed by atoms with Gasteiger partial charge in [0.1, 0.15) is 24.7 Å². The minimum Gasteiger partial charge on any atom is -0.495 e. The number of nitrogens with one attached hydrogen (secondary N) is 1. The zero-order valence-electron chi connectivity index (χ0n) is 20.5. The van der Waals surface area contributed by atoms with Crippen molar-refractivity contribution in [1.82, 2.24) is 4.90 Å². The number of thioether (sulfide) groups is 1. The van der Waals surface area contributed by atoms with Crippen molar-refractivity contribution in [3.8, 4) is 11.5 Å². The van der Waals surface area contributed by atoms with E-state index in [-0.39, 0.29) is 4.91 Å². The van der Waals surface area contributed by atoms with Crippen molar-refractivity contribution in [2.75, 3.05) is 19.0 Å². The summed E-state index contributed by atoms with van der Waals surface area (Å²) in [6.07, 6.45) is 1.62. The lowest BCUT2D eigenvalue weighted by molar-refractivity contribution is -0.127. The van der Waals surface area contributed by atoms with E-state index < -0.39 is 23.6 Å². The highest BCUT2D eigenvalue weighted by molar-refractivity contribution is 8.18. The Balaban J connectivity index is 1.28. The van der Waals surface area contributed by atoms with Crippen LogP contribution in [0.1, 0.15) is 11.1 Å². The molecule has 5 rings (SSSR count). The molecule has 1 saturated heterocycles. The lowest BCUT2D eigenvalue weighted by Crippen LogP contribution is -2.36. The Morgan fingerprint density at radius 1 is 0.895 bits per heavy atom. The molecule has 0 atom stereocenters. The van der Waals surface area contributed by atoms with Gasteiger partial charge in [0.15, 0.2) is 0 Å². The summed E-state index contributed by atoms with van der Waals surface area (Å²) >= 11 is 0.795. The van der Waals surface area contributed by atoms with Crippen LogP contribution >= 0.6 is 11.8 Å². The number of rotatable bonds is 8. The van der Waals surface area contributed by atoms with Crippen molar-refractivity contribution < 1.29 is 23.9 Å². The number of carbonyl (C=O) groups is 3. The van der Waals surface area contributed by atoms with E-state index in [1.165, 1.54) is 7.11 Å². The third kappa shape index (κ3) is 5.55. The maximum absolute atomic E-state index is 13.0.